The topological polar surface area (TPSA) is 73.1 Å². The Morgan fingerprint density at radius 2 is 2.60 bits per heavy atom. The van der Waals surface area contributed by atoms with Gasteiger partial charge in [0.05, 0.1) is 0 Å². The first-order chi connectivity index (χ1) is 4.72. The van der Waals surface area contributed by atoms with Gasteiger partial charge in [-0.1, -0.05) is 6.92 Å². The third-order valence-corrected chi connectivity index (χ3v) is 1.45. The van der Waals surface area contributed by atoms with Crippen molar-refractivity contribution in [2.45, 2.75) is 19.4 Å². The van der Waals surface area contributed by atoms with Crippen molar-refractivity contribution >= 4 is 17.9 Å². The summed E-state index contributed by atoms with van der Waals surface area (Å²) in [5.41, 5.74) is 0. The molecule has 56 valence electrons. The van der Waals surface area contributed by atoms with Crippen molar-refractivity contribution in [1.29, 1.82) is 5.26 Å². The molecule has 0 heterocycles. The number of hydrogen-bond acceptors (Lipinski definition) is 4. The van der Waals surface area contributed by atoms with Crippen molar-refractivity contribution in [3.8, 4) is 5.40 Å². The number of nitrogens with zero attached hydrogens (tertiary/aromatic N) is 1. The summed E-state index contributed by atoms with van der Waals surface area (Å²) >= 11 is 0.744. The van der Waals surface area contributed by atoms with E-state index in [4.69, 9.17) is 10.4 Å². The van der Waals surface area contributed by atoms with Crippen LogP contribution in [-0.2, 0) is 4.79 Å². The first-order valence-electron chi connectivity index (χ1n) is 2.75. The Balaban J connectivity index is 3.63. The highest BCUT2D eigenvalue weighted by molar-refractivity contribution is 8.01. The van der Waals surface area contributed by atoms with Crippen LogP contribution in [0.1, 0.15) is 13.3 Å². The Morgan fingerprint density at radius 1 is 2.00 bits per heavy atom. The Bertz CT molecular complexity index is 154. The predicted octanol–water partition coefficient (Wildman–Crippen LogP) is 0.568. The molecule has 0 aliphatic rings. The average Bonchev–Trinajstić information content (AvgIpc) is 1.89. The Morgan fingerprint density at radius 3 is 2.90 bits per heavy atom. The second-order valence-electron chi connectivity index (χ2n) is 1.61. The number of aliphatic carboxylic acids is 1. The number of carboxylic acid groups (broad SMARTS) is 1. The van der Waals surface area contributed by atoms with E-state index in [9.17, 15) is 4.79 Å². The van der Waals surface area contributed by atoms with Crippen molar-refractivity contribution in [1.82, 2.24) is 4.72 Å². The molecule has 1 atom stereocenters. The van der Waals surface area contributed by atoms with Crippen LogP contribution in [0.25, 0.3) is 0 Å². The lowest BCUT2D eigenvalue weighted by atomic mass is 10.2. The summed E-state index contributed by atoms with van der Waals surface area (Å²) in [6.45, 7) is 1.74. The lowest BCUT2D eigenvalue weighted by Gasteiger charge is -2.06. The second-order valence-corrected chi connectivity index (χ2v) is 2.23. The molecule has 0 aromatic carbocycles. The van der Waals surface area contributed by atoms with Gasteiger partial charge in [-0.3, -0.25) is 4.79 Å². The molecule has 0 amide bonds. The van der Waals surface area contributed by atoms with Gasteiger partial charge in [0.25, 0.3) is 0 Å². The van der Waals surface area contributed by atoms with Gasteiger partial charge < -0.3 is 5.11 Å². The maximum atomic E-state index is 10.3. The van der Waals surface area contributed by atoms with E-state index in [2.05, 4.69) is 4.72 Å². The molecule has 0 aliphatic heterocycles. The number of nitrogens with one attached hydrogen (secondary N) is 1. The van der Waals surface area contributed by atoms with Crippen molar-refractivity contribution in [3.63, 3.8) is 0 Å². The summed E-state index contributed by atoms with van der Waals surface area (Å²) < 4.78 is 2.47. The summed E-state index contributed by atoms with van der Waals surface area (Å²) in [6, 6.07) is -0.621. The maximum Gasteiger partial charge on any atom is 0.321 e. The van der Waals surface area contributed by atoms with Crippen LogP contribution >= 0.6 is 11.9 Å². The van der Waals surface area contributed by atoms with Crippen LogP contribution in [0.15, 0.2) is 0 Å². The maximum absolute atomic E-state index is 10.3. The molecule has 0 radical (unpaired) electrons. The van der Waals surface area contributed by atoms with Crippen LogP contribution in [0, 0.1) is 10.7 Å². The number of rotatable bonds is 4. The van der Waals surface area contributed by atoms with Crippen LogP contribution < -0.4 is 4.72 Å². The van der Waals surface area contributed by atoms with Crippen molar-refractivity contribution in [2.24, 2.45) is 0 Å². The zero-order valence-corrected chi connectivity index (χ0v) is 6.31. The Hall–Kier alpha value is -0.730. The van der Waals surface area contributed by atoms with Gasteiger partial charge >= 0.3 is 5.97 Å². The van der Waals surface area contributed by atoms with Crippen molar-refractivity contribution in [2.75, 3.05) is 0 Å². The highest BCUT2D eigenvalue weighted by atomic mass is 32.2. The molecule has 0 aromatic rings. The number of carbonyl (C=O) groups is 1. The first-order valence-corrected chi connectivity index (χ1v) is 3.57. The molecule has 0 fully saturated rings. The standard InChI is InChI=1S/C5H8N2O2S/c1-2-4(5(8)9)7-10-3-6/h4,7H,2H2,1H3,(H,8,9). The fraction of sp³-hybridized carbons (Fsp3) is 0.600. The number of carboxylic acids is 1. The van der Waals surface area contributed by atoms with E-state index in [-0.39, 0.29) is 0 Å². The van der Waals surface area contributed by atoms with Gasteiger partial charge in [-0.15, -0.1) is 0 Å². The van der Waals surface area contributed by atoms with E-state index in [0.717, 1.165) is 11.9 Å². The van der Waals surface area contributed by atoms with Crippen LogP contribution in [0.2, 0.25) is 0 Å². The zero-order chi connectivity index (χ0) is 7.98. The summed E-state index contributed by atoms with van der Waals surface area (Å²) in [7, 11) is 0. The minimum Gasteiger partial charge on any atom is -0.480 e. The van der Waals surface area contributed by atoms with Gasteiger partial charge in [-0.25, -0.2) is 4.72 Å². The molecule has 0 aliphatic carbocycles. The Kier molecular flexibility index (Phi) is 4.72. The summed E-state index contributed by atoms with van der Waals surface area (Å²) in [4.78, 5) is 10.3. The molecule has 0 saturated heterocycles. The van der Waals surface area contributed by atoms with Gasteiger partial charge in [-0.2, -0.15) is 5.26 Å². The van der Waals surface area contributed by atoms with Crippen LogP contribution in [0.5, 0.6) is 0 Å². The zero-order valence-electron chi connectivity index (χ0n) is 5.50. The molecule has 0 bridgehead atoms. The third kappa shape index (κ3) is 3.33. The van der Waals surface area contributed by atoms with E-state index in [1.165, 1.54) is 0 Å². The normalized spacial score (nSPS) is 12.0. The van der Waals surface area contributed by atoms with Crippen molar-refractivity contribution in [3.05, 3.63) is 0 Å². The quantitative estimate of drug-likeness (QED) is 0.464. The highest BCUT2D eigenvalue weighted by Crippen LogP contribution is 1.97. The number of thiocyanates is 1. The minimum absolute atomic E-state index is 0.476. The lowest BCUT2D eigenvalue weighted by Crippen LogP contribution is -2.30. The fourth-order valence-corrected chi connectivity index (χ4v) is 0.868. The first kappa shape index (κ1) is 9.27. The van der Waals surface area contributed by atoms with Gasteiger partial charge in [0.1, 0.15) is 11.4 Å². The number of nitriles is 1. The molecule has 1 unspecified atom stereocenters. The minimum atomic E-state index is -0.926. The van der Waals surface area contributed by atoms with E-state index in [0.29, 0.717) is 6.42 Å². The smallest absolute Gasteiger partial charge is 0.321 e. The molecule has 0 saturated carbocycles. The second kappa shape index (κ2) is 5.09. The molecule has 0 aromatic heterocycles. The van der Waals surface area contributed by atoms with Crippen LogP contribution in [0.3, 0.4) is 0 Å². The molecule has 2 N–H and O–H groups in total. The largest absolute Gasteiger partial charge is 0.480 e. The van der Waals surface area contributed by atoms with E-state index in [1.807, 2.05) is 0 Å². The predicted molar refractivity (Wildman–Crippen MR) is 38.1 cm³/mol. The summed E-state index contributed by atoms with van der Waals surface area (Å²) in [6.07, 6.45) is 0.476. The molecule has 10 heavy (non-hydrogen) atoms. The summed E-state index contributed by atoms with van der Waals surface area (Å²) in [5.74, 6) is -0.926. The molecule has 4 nitrogen and oxygen atoms in total. The van der Waals surface area contributed by atoms with Gasteiger partial charge in [0.15, 0.2) is 0 Å². The SMILES string of the molecule is CCC(NSC#N)C(=O)O. The lowest BCUT2D eigenvalue weighted by molar-refractivity contribution is -0.138. The van der Waals surface area contributed by atoms with E-state index < -0.39 is 12.0 Å². The Labute approximate surface area is 63.4 Å². The molecular formula is C5H8N2O2S. The fourth-order valence-electron chi connectivity index (χ4n) is 0.406. The van der Waals surface area contributed by atoms with Crippen LogP contribution in [0.4, 0.5) is 0 Å². The average molecular weight is 160 g/mol. The number of hydrogen-bond donors (Lipinski definition) is 2. The monoisotopic (exact) mass is 160 g/mol. The highest BCUT2D eigenvalue weighted by Gasteiger charge is 2.13. The molecular weight excluding hydrogens is 152 g/mol. The van der Waals surface area contributed by atoms with E-state index >= 15 is 0 Å². The van der Waals surface area contributed by atoms with Crippen molar-refractivity contribution < 1.29 is 9.90 Å². The van der Waals surface area contributed by atoms with Crippen LogP contribution in [-0.4, -0.2) is 17.1 Å². The van der Waals surface area contributed by atoms with E-state index in [1.54, 1.807) is 12.3 Å². The van der Waals surface area contributed by atoms with Gasteiger partial charge in [-0.05, 0) is 6.42 Å². The van der Waals surface area contributed by atoms with Gasteiger partial charge in [0.2, 0.25) is 0 Å². The summed E-state index contributed by atoms with van der Waals surface area (Å²) in [5, 5.41) is 18.2. The molecule has 5 heteroatoms. The van der Waals surface area contributed by atoms with Gasteiger partial charge in [0, 0.05) is 11.9 Å². The third-order valence-electron chi connectivity index (χ3n) is 0.953. The molecule has 0 rings (SSSR count). The molecule has 0 spiro atoms.